The fraction of sp³-hybridized carbons (Fsp3) is 0.250. The lowest BCUT2D eigenvalue weighted by Gasteiger charge is -1.98. The molecule has 2 rings (SSSR count). The molecule has 0 fully saturated rings. The van der Waals surface area contributed by atoms with E-state index in [1.54, 1.807) is 19.9 Å². The molecule has 0 amide bonds. The molecular formula is C12H11NO5S. The summed E-state index contributed by atoms with van der Waals surface area (Å²) in [6.45, 7) is 3.49. The number of carboxylic acid groups (broad SMARTS) is 1. The van der Waals surface area contributed by atoms with Crippen molar-refractivity contribution >= 4 is 39.4 Å². The number of Topliss-reactive ketones (excluding diaryl/α,β-unsaturated/α-hetero) is 1. The zero-order chi connectivity index (χ0) is 14.2. The highest BCUT2D eigenvalue weighted by molar-refractivity contribution is 7.18. The summed E-state index contributed by atoms with van der Waals surface area (Å²) < 4.78 is 5.59. The molecule has 6 nitrogen and oxygen atoms in total. The van der Waals surface area contributed by atoms with E-state index in [0.29, 0.717) is 10.2 Å². The number of hydrogen-bond acceptors (Lipinski definition) is 5. The summed E-state index contributed by atoms with van der Waals surface area (Å²) in [6, 6.07) is 1.69. The van der Waals surface area contributed by atoms with Gasteiger partial charge >= 0.3 is 12.1 Å². The van der Waals surface area contributed by atoms with Crippen LogP contribution in [-0.2, 0) is 9.53 Å². The smallest absolute Gasteiger partial charge is 0.416 e. The summed E-state index contributed by atoms with van der Waals surface area (Å²) in [4.78, 5) is 35.8. The maximum Gasteiger partial charge on any atom is 0.416 e. The molecule has 0 unspecified atom stereocenters. The van der Waals surface area contributed by atoms with Crippen LogP contribution >= 0.6 is 11.3 Å². The minimum Gasteiger partial charge on any atom is -0.464 e. The molecule has 7 heteroatoms. The largest absolute Gasteiger partial charge is 0.464 e. The van der Waals surface area contributed by atoms with Gasteiger partial charge < -0.3 is 9.84 Å². The number of aromatic nitrogens is 1. The van der Waals surface area contributed by atoms with Crippen molar-refractivity contribution in [3.05, 3.63) is 22.7 Å². The van der Waals surface area contributed by atoms with E-state index in [4.69, 9.17) is 5.11 Å². The number of aryl methyl sites for hydroxylation is 1. The second-order valence-corrected chi connectivity index (χ2v) is 5.06. The van der Waals surface area contributed by atoms with Gasteiger partial charge in [-0.1, -0.05) is 0 Å². The molecular weight excluding hydrogens is 270 g/mol. The maximum absolute atomic E-state index is 11.9. The Labute approximate surface area is 112 Å². The Kier molecular flexibility index (Phi) is 3.39. The van der Waals surface area contributed by atoms with E-state index in [9.17, 15) is 14.4 Å². The number of hydrogen-bond donors (Lipinski definition) is 1. The third-order valence-electron chi connectivity index (χ3n) is 2.51. The number of esters is 1. The van der Waals surface area contributed by atoms with E-state index < -0.39 is 17.8 Å². The third-order valence-corrected chi connectivity index (χ3v) is 3.56. The van der Waals surface area contributed by atoms with Crippen molar-refractivity contribution in [2.45, 2.75) is 13.8 Å². The minimum atomic E-state index is -1.20. The first-order chi connectivity index (χ1) is 8.95. The van der Waals surface area contributed by atoms with E-state index in [2.05, 4.69) is 4.74 Å². The standard InChI is InChI=1S/C12H11NO5S/c1-3-18-11(15)9(14)8-5-13(12(16)17)10-7(8)4-6(2)19-10/h4-5H,3H2,1-2H3,(H,16,17). The van der Waals surface area contributed by atoms with Crippen LogP contribution in [0.4, 0.5) is 4.79 Å². The van der Waals surface area contributed by atoms with Crippen LogP contribution < -0.4 is 0 Å². The number of ketones is 1. The van der Waals surface area contributed by atoms with Crippen LogP contribution in [0.15, 0.2) is 12.3 Å². The van der Waals surface area contributed by atoms with Gasteiger partial charge in [-0.25, -0.2) is 14.2 Å². The molecule has 0 aliphatic heterocycles. The van der Waals surface area contributed by atoms with Gasteiger partial charge in [0.15, 0.2) is 0 Å². The highest BCUT2D eigenvalue weighted by Crippen LogP contribution is 2.30. The quantitative estimate of drug-likeness (QED) is 0.530. The molecule has 2 aromatic rings. The molecule has 0 aliphatic rings. The average molecular weight is 281 g/mol. The van der Waals surface area contributed by atoms with Gasteiger partial charge in [0.25, 0.3) is 5.78 Å². The number of fused-ring (bicyclic) bond motifs is 1. The number of ether oxygens (including phenoxy) is 1. The van der Waals surface area contributed by atoms with Crippen molar-refractivity contribution in [3.8, 4) is 0 Å². The minimum absolute atomic E-state index is 0.0557. The number of rotatable bonds is 3. The molecule has 100 valence electrons. The number of nitrogens with zero attached hydrogens (tertiary/aromatic N) is 1. The number of carbonyl (C=O) groups is 3. The lowest BCUT2D eigenvalue weighted by atomic mass is 10.1. The summed E-state index contributed by atoms with van der Waals surface area (Å²) in [5.74, 6) is -1.81. The molecule has 0 aliphatic carbocycles. The maximum atomic E-state index is 11.9. The number of thiophene rings is 1. The van der Waals surface area contributed by atoms with Crippen LogP contribution in [0, 0.1) is 6.92 Å². The first-order valence-corrected chi connectivity index (χ1v) is 6.33. The molecule has 1 N–H and O–H groups in total. The zero-order valence-electron chi connectivity index (χ0n) is 10.3. The number of carbonyl (C=O) groups excluding carboxylic acids is 2. The second kappa shape index (κ2) is 4.85. The second-order valence-electron chi connectivity index (χ2n) is 3.82. The fourth-order valence-corrected chi connectivity index (χ4v) is 2.75. The van der Waals surface area contributed by atoms with Crippen molar-refractivity contribution < 1.29 is 24.2 Å². The zero-order valence-corrected chi connectivity index (χ0v) is 11.1. The van der Waals surface area contributed by atoms with E-state index >= 15 is 0 Å². The third kappa shape index (κ3) is 2.24. The van der Waals surface area contributed by atoms with Crippen LogP contribution in [0.3, 0.4) is 0 Å². The highest BCUT2D eigenvalue weighted by Gasteiger charge is 2.25. The molecule has 0 atom stereocenters. The lowest BCUT2D eigenvalue weighted by Crippen LogP contribution is -2.17. The predicted octanol–water partition coefficient (Wildman–Crippen LogP) is 2.28. The van der Waals surface area contributed by atoms with Crippen LogP contribution in [0.5, 0.6) is 0 Å². The van der Waals surface area contributed by atoms with Gasteiger partial charge in [-0.2, -0.15) is 0 Å². The average Bonchev–Trinajstić information content (AvgIpc) is 2.85. The van der Waals surface area contributed by atoms with Crippen LogP contribution in [0.25, 0.3) is 10.2 Å². The van der Waals surface area contributed by atoms with Crippen LogP contribution in [0.1, 0.15) is 22.2 Å². The van der Waals surface area contributed by atoms with Crippen LogP contribution in [0.2, 0.25) is 0 Å². The molecule has 0 aromatic carbocycles. The van der Waals surface area contributed by atoms with Crippen molar-refractivity contribution in [2.75, 3.05) is 6.61 Å². The molecule has 2 aromatic heterocycles. The molecule has 0 radical (unpaired) electrons. The lowest BCUT2D eigenvalue weighted by molar-refractivity contribution is -0.137. The molecule has 0 bridgehead atoms. The Hall–Kier alpha value is -2.15. The Morgan fingerprint density at radius 2 is 2.11 bits per heavy atom. The van der Waals surface area contributed by atoms with Gasteiger partial charge in [0.05, 0.1) is 12.2 Å². The van der Waals surface area contributed by atoms with Gasteiger partial charge in [-0.3, -0.25) is 4.79 Å². The summed E-state index contributed by atoms with van der Waals surface area (Å²) in [5.41, 5.74) is 0.0557. The van der Waals surface area contributed by atoms with Gasteiger partial charge in [0.2, 0.25) is 0 Å². The summed E-state index contributed by atoms with van der Waals surface area (Å²) in [6.07, 6.45) is -0.0443. The molecule has 0 spiro atoms. The van der Waals surface area contributed by atoms with E-state index in [1.807, 2.05) is 0 Å². The van der Waals surface area contributed by atoms with Gasteiger partial charge in [-0.05, 0) is 19.9 Å². The summed E-state index contributed by atoms with van der Waals surface area (Å²) in [7, 11) is 0. The van der Waals surface area contributed by atoms with E-state index in [1.165, 1.54) is 11.3 Å². The molecule has 19 heavy (non-hydrogen) atoms. The van der Waals surface area contributed by atoms with Crippen molar-refractivity contribution in [2.24, 2.45) is 0 Å². The highest BCUT2D eigenvalue weighted by atomic mass is 32.1. The van der Waals surface area contributed by atoms with E-state index in [-0.39, 0.29) is 12.2 Å². The first kappa shape index (κ1) is 13.3. The Morgan fingerprint density at radius 3 is 2.68 bits per heavy atom. The van der Waals surface area contributed by atoms with Crippen molar-refractivity contribution in [1.29, 1.82) is 0 Å². The summed E-state index contributed by atoms with van der Waals surface area (Å²) >= 11 is 1.25. The van der Waals surface area contributed by atoms with Gasteiger partial charge in [-0.15, -0.1) is 11.3 Å². The van der Waals surface area contributed by atoms with E-state index in [0.717, 1.165) is 15.6 Å². The van der Waals surface area contributed by atoms with Gasteiger partial charge in [0.1, 0.15) is 4.83 Å². The molecule has 0 saturated carbocycles. The Bertz CT molecular complexity index is 682. The SMILES string of the molecule is CCOC(=O)C(=O)c1cn(C(=O)O)c2sc(C)cc12. The molecule has 0 saturated heterocycles. The first-order valence-electron chi connectivity index (χ1n) is 5.52. The topological polar surface area (TPSA) is 85.6 Å². The molecule has 2 heterocycles. The van der Waals surface area contributed by atoms with Crippen molar-refractivity contribution in [3.63, 3.8) is 0 Å². The van der Waals surface area contributed by atoms with Crippen molar-refractivity contribution in [1.82, 2.24) is 4.57 Å². The normalized spacial score (nSPS) is 10.6. The summed E-state index contributed by atoms with van der Waals surface area (Å²) in [5, 5.41) is 9.53. The van der Waals surface area contributed by atoms with Crippen LogP contribution in [-0.4, -0.2) is 34.1 Å². The predicted molar refractivity (Wildman–Crippen MR) is 68.9 cm³/mol. The monoisotopic (exact) mass is 281 g/mol. The fourth-order valence-electron chi connectivity index (χ4n) is 1.76. The van der Waals surface area contributed by atoms with Gasteiger partial charge in [0, 0.05) is 16.5 Å². The Balaban J connectivity index is 2.57. The Morgan fingerprint density at radius 1 is 1.42 bits per heavy atom.